The summed E-state index contributed by atoms with van der Waals surface area (Å²) >= 11 is 5.73. The van der Waals surface area contributed by atoms with Gasteiger partial charge in [-0.25, -0.2) is 8.42 Å². The first-order valence-electron chi connectivity index (χ1n) is 5.76. The Hall–Kier alpha value is -0.660. The Balaban J connectivity index is 2.27. The molecule has 1 aliphatic rings. The predicted octanol–water partition coefficient (Wildman–Crippen LogP) is 1.53. The molecule has 0 aromatic heterocycles. The van der Waals surface area contributed by atoms with Crippen molar-refractivity contribution < 1.29 is 13.2 Å². The lowest BCUT2D eigenvalue weighted by Crippen LogP contribution is -2.49. The van der Waals surface area contributed by atoms with Gasteiger partial charge in [0.2, 0.25) is 0 Å². The molecule has 1 atom stereocenters. The number of amides is 1. The van der Waals surface area contributed by atoms with Gasteiger partial charge in [0.25, 0.3) is 5.91 Å². The highest BCUT2D eigenvalue weighted by atomic mass is 32.2. The van der Waals surface area contributed by atoms with E-state index >= 15 is 0 Å². The molecule has 0 N–H and O–H groups in total. The molecule has 1 aromatic rings. The molecule has 0 saturated carbocycles. The van der Waals surface area contributed by atoms with Crippen molar-refractivity contribution in [2.24, 2.45) is 0 Å². The average molecular weight is 317 g/mol. The van der Waals surface area contributed by atoms with Crippen LogP contribution < -0.4 is 0 Å². The molecule has 2 rings (SSSR count). The number of sulfone groups is 1. The summed E-state index contributed by atoms with van der Waals surface area (Å²) in [4.78, 5) is 14.6. The van der Waals surface area contributed by atoms with E-state index in [0.717, 1.165) is 10.6 Å². The van der Waals surface area contributed by atoms with Crippen molar-refractivity contribution in [3.63, 3.8) is 0 Å². The van der Waals surface area contributed by atoms with Crippen LogP contribution in [0.5, 0.6) is 0 Å². The molecule has 1 heterocycles. The SMILES string of the molecule is CS(=O)(=O)C1CSCCN1C(=O)c1ccc(S)cc1. The second kappa shape index (κ2) is 5.76. The van der Waals surface area contributed by atoms with Gasteiger partial charge in [-0.15, -0.1) is 12.6 Å². The Morgan fingerprint density at radius 2 is 2.00 bits per heavy atom. The minimum Gasteiger partial charge on any atom is -0.320 e. The summed E-state index contributed by atoms with van der Waals surface area (Å²) in [5.41, 5.74) is 0.498. The summed E-state index contributed by atoms with van der Waals surface area (Å²) in [5.74, 6) is 0.974. The van der Waals surface area contributed by atoms with Gasteiger partial charge in [0.05, 0.1) is 0 Å². The smallest absolute Gasteiger partial charge is 0.254 e. The fourth-order valence-corrected chi connectivity index (χ4v) is 4.90. The molecule has 1 fully saturated rings. The highest BCUT2D eigenvalue weighted by Gasteiger charge is 2.34. The monoisotopic (exact) mass is 317 g/mol. The van der Waals surface area contributed by atoms with E-state index in [4.69, 9.17) is 0 Å². The molecular weight excluding hydrogens is 302 g/mol. The summed E-state index contributed by atoms with van der Waals surface area (Å²) in [6, 6.07) is 6.80. The van der Waals surface area contributed by atoms with Gasteiger partial charge >= 0.3 is 0 Å². The van der Waals surface area contributed by atoms with E-state index in [1.54, 1.807) is 36.0 Å². The number of nitrogens with zero attached hydrogens (tertiary/aromatic N) is 1. The minimum atomic E-state index is -3.27. The van der Waals surface area contributed by atoms with Crippen molar-refractivity contribution in [1.82, 2.24) is 4.90 Å². The van der Waals surface area contributed by atoms with Gasteiger partial charge in [0.1, 0.15) is 5.37 Å². The maximum atomic E-state index is 12.4. The third kappa shape index (κ3) is 3.46. The largest absolute Gasteiger partial charge is 0.320 e. The Labute approximate surface area is 122 Å². The summed E-state index contributed by atoms with van der Waals surface area (Å²) in [5, 5.41) is -0.727. The highest BCUT2D eigenvalue weighted by Crippen LogP contribution is 2.22. The maximum absolute atomic E-state index is 12.4. The van der Waals surface area contributed by atoms with Crippen LogP contribution in [0.3, 0.4) is 0 Å². The van der Waals surface area contributed by atoms with Crippen LogP contribution >= 0.6 is 24.4 Å². The van der Waals surface area contributed by atoms with E-state index < -0.39 is 15.2 Å². The first kappa shape index (κ1) is 14.7. The fourth-order valence-electron chi connectivity index (χ4n) is 1.94. The number of thiol groups is 1. The quantitative estimate of drug-likeness (QED) is 0.841. The van der Waals surface area contributed by atoms with E-state index in [1.165, 1.54) is 11.2 Å². The zero-order chi connectivity index (χ0) is 14.0. The van der Waals surface area contributed by atoms with Crippen molar-refractivity contribution >= 4 is 40.1 Å². The standard InChI is InChI=1S/C12H15NO3S3/c1-19(15,16)11-8-18-7-6-13(11)12(14)9-2-4-10(17)5-3-9/h2-5,11,17H,6-8H2,1H3. The van der Waals surface area contributed by atoms with Gasteiger partial charge < -0.3 is 4.90 Å². The average Bonchev–Trinajstić information content (AvgIpc) is 2.38. The summed E-state index contributed by atoms with van der Waals surface area (Å²) in [6.07, 6.45) is 1.18. The van der Waals surface area contributed by atoms with Crippen molar-refractivity contribution in [2.45, 2.75) is 10.3 Å². The first-order valence-corrected chi connectivity index (χ1v) is 9.32. The molecule has 1 amide bonds. The van der Waals surface area contributed by atoms with Crippen LogP contribution in [0.2, 0.25) is 0 Å². The van der Waals surface area contributed by atoms with Crippen LogP contribution in [0.15, 0.2) is 29.2 Å². The first-order chi connectivity index (χ1) is 8.89. The van der Waals surface area contributed by atoms with Crippen LogP contribution in [-0.4, -0.2) is 48.9 Å². The van der Waals surface area contributed by atoms with Gasteiger partial charge in [0.15, 0.2) is 9.84 Å². The molecular formula is C12H15NO3S3. The number of thioether (sulfide) groups is 1. The molecule has 4 nitrogen and oxygen atoms in total. The summed E-state index contributed by atoms with van der Waals surface area (Å²) < 4.78 is 23.5. The van der Waals surface area contributed by atoms with Gasteiger partial charge in [-0.3, -0.25) is 4.79 Å². The molecule has 0 aliphatic carbocycles. The second-order valence-electron chi connectivity index (χ2n) is 4.40. The maximum Gasteiger partial charge on any atom is 0.254 e. The lowest BCUT2D eigenvalue weighted by molar-refractivity contribution is 0.0749. The molecule has 0 radical (unpaired) electrons. The molecule has 0 bridgehead atoms. The number of carbonyl (C=O) groups excluding carboxylic acids is 1. The van der Waals surface area contributed by atoms with E-state index in [2.05, 4.69) is 12.6 Å². The molecule has 1 aliphatic heterocycles. The van der Waals surface area contributed by atoms with Crippen LogP contribution in [-0.2, 0) is 9.84 Å². The lowest BCUT2D eigenvalue weighted by Gasteiger charge is -2.34. The second-order valence-corrected chi connectivity index (χ2v) is 8.27. The number of hydrogen-bond acceptors (Lipinski definition) is 5. The van der Waals surface area contributed by atoms with E-state index in [9.17, 15) is 13.2 Å². The minimum absolute atomic E-state index is 0.232. The van der Waals surface area contributed by atoms with Crippen molar-refractivity contribution in [2.75, 3.05) is 24.3 Å². The predicted molar refractivity (Wildman–Crippen MR) is 80.7 cm³/mol. The van der Waals surface area contributed by atoms with Crippen molar-refractivity contribution in [3.8, 4) is 0 Å². The third-order valence-electron chi connectivity index (χ3n) is 2.95. The van der Waals surface area contributed by atoms with Crippen LogP contribution in [0, 0.1) is 0 Å². The Kier molecular flexibility index (Phi) is 4.47. The van der Waals surface area contributed by atoms with Crippen molar-refractivity contribution in [1.29, 1.82) is 0 Å². The topological polar surface area (TPSA) is 54.5 Å². The summed E-state index contributed by atoms with van der Waals surface area (Å²) in [6.45, 7) is 0.462. The van der Waals surface area contributed by atoms with Gasteiger partial charge in [0, 0.05) is 34.8 Å². The van der Waals surface area contributed by atoms with Gasteiger partial charge in [-0.05, 0) is 24.3 Å². The van der Waals surface area contributed by atoms with E-state index in [0.29, 0.717) is 17.9 Å². The highest BCUT2D eigenvalue weighted by molar-refractivity contribution is 8.00. The number of benzene rings is 1. The zero-order valence-electron chi connectivity index (χ0n) is 10.4. The molecule has 104 valence electrons. The Morgan fingerprint density at radius 3 is 2.58 bits per heavy atom. The third-order valence-corrected chi connectivity index (χ3v) is 5.90. The molecule has 1 saturated heterocycles. The van der Waals surface area contributed by atoms with E-state index in [-0.39, 0.29) is 5.91 Å². The van der Waals surface area contributed by atoms with Crippen LogP contribution in [0.4, 0.5) is 0 Å². The number of rotatable bonds is 2. The zero-order valence-corrected chi connectivity index (χ0v) is 13.0. The van der Waals surface area contributed by atoms with Crippen molar-refractivity contribution in [3.05, 3.63) is 29.8 Å². The van der Waals surface area contributed by atoms with E-state index in [1.807, 2.05) is 0 Å². The van der Waals surface area contributed by atoms with Gasteiger partial charge in [-0.2, -0.15) is 11.8 Å². The molecule has 1 aromatic carbocycles. The Morgan fingerprint density at radius 1 is 1.37 bits per heavy atom. The molecule has 19 heavy (non-hydrogen) atoms. The van der Waals surface area contributed by atoms with Gasteiger partial charge in [-0.1, -0.05) is 0 Å². The lowest BCUT2D eigenvalue weighted by atomic mass is 10.2. The number of carbonyl (C=O) groups is 1. The summed E-state index contributed by atoms with van der Waals surface area (Å²) in [7, 11) is -3.27. The fraction of sp³-hybridized carbons (Fsp3) is 0.417. The molecule has 0 spiro atoms. The molecule has 7 heteroatoms. The number of hydrogen-bond donors (Lipinski definition) is 1. The van der Waals surface area contributed by atoms with Crippen LogP contribution in [0.25, 0.3) is 0 Å². The Bertz CT molecular complexity index is 568. The van der Waals surface area contributed by atoms with Crippen LogP contribution in [0.1, 0.15) is 10.4 Å². The molecule has 1 unspecified atom stereocenters. The normalized spacial score (nSPS) is 20.3.